The number of hydrogen-bond donors (Lipinski definition) is 1. The largest absolute Gasteiger partial charge is 0.236 e. The minimum absolute atomic E-state index is 0.0503. The monoisotopic (exact) mass is 365 g/mol. The lowest BCUT2D eigenvalue weighted by atomic mass is 10.0. The summed E-state index contributed by atoms with van der Waals surface area (Å²) in [6.07, 6.45) is 0.541. The fourth-order valence-corrected chi connectivity index (χ4v) is 3.58. The van der Waals surface area contributed by atoms with E-state index in [1.807, 2.05) is 36.4 Å². The third-order valence-corrected chi connectivity index (χ3v) is 4.96. The van der Waals surface area contributed by atoms with Gasteiger partial charge in [0, 0.05) is 17.4 Å². The maximum absolute atomic E-state index is 10.8. The Balaban J connectivity index is 1.95. The van der Waals surface area contributed by atoms with Gasteiger partial charge in [-0.1, -0.05) is 65.7 Å². The Labute approximate surface area is 145 Å². The molecule has 3 rings (SSSR count). The fourth-order valence-electron chi connectivity index (χ4n) is 2.45. The molecule has 6 heteroatoms. The van der Waals surface area contributed by atoms with Gasteiger partial charge < -0.3 is 0 Å². The van der Waals surface area contributed by atoms with Crippen LogP contribution < -0.4 is 0 Å². The van der Waals surface area contributed by atoms with E-state index in [-0.39, 0.29) is 5.75 Å². The molecule has 0 fully saturated rings. The first kappa shape index (κ1) is 16.2. The van der Waals surface area contributed by atoms with Gasteiger partial charge in [0.1, 0.15) is 15.9 Å². The topological polar surface area (TPSA) is 47.0 Å². The van der Waals surface area contributed by atoms with Crippen molar-refractivity contribution < 1.29 is 8.42 Å². The molecule has 3 aromatic rings. The van der Waals surface area contributed by atoms with Crippen molar-refractivity contribution in [2.45, 2.75) is 12.2 Å². The van der Waals surface area contributed by atoms with Crippen molar-refractivity contribution in [3.8, 4) is 0 Å². The smallest absolute Gasteiger partial charge is 0.144 e. The molecule has 118 valence electrons. The van der Waals surface area contributed by atoms with Gasteiger partial charge >= 0.3 is 0 Å². The molecule has 2 aromatic carbocycles. The van der Waals surface area contributed by atoms with Crippen LogP contribution in [-0.2, 0) is 22.9 Å². The van der Waals surface area contributed by atoms with E-state index < -0.39 is 10.7 Å². The second-order valence-corrected chi connectivity index (χ2v) is 6.91. The van der Waals surface area contributed by atoms with Crippen molar-refractivity contribution in [1.82, 2.24) is 4.98 Å². The van der Waals surface area contributed by atoms with Gasteiger partial charge in [0.15, 0.2) is 0 Å². The highest BCUT2D eigenvalue weighted by Gasteiger charge is 2.12. The number of fused-ring (bicyclic) bond motifs is 1. The highest BCUT2D eigenvalue weighted by Crippen LogP contribution is 2.32. The van der Waals surface area contributed by atoms with Crippen molar-refractivity contribution in [2.75, 3.05) is 0 Å². The molecule has 0 radical (unpaired) electrons. The second kappa shape index (κ2) is 6.87. The number of nitrogens with zero attached hydrogens (tertiary/aromatic N) is 1. The van der Waals surface area contributed by atoms with Crippen molar-refractivity contribution in [2.24, 2.45) is 0 Å². The molecule has 1 aromatic heterocycles. The SMILES string of the molecule is O=[SH](=O)Cc1ccc(Cc2c(Cl)nc3ccccc3c2Cl)cc1. The first-order valence-corrected chi connectivity index (χ1v) is 9.08. The molecule has 0 amide bonds. The molecular weight excluding hydrogens is 353 g/mol. The maximum atomic E-state index is 10.8. The Bertz CT molecular complexity index is 929. The lowest BCUT2D eigenvalue weighted by Gasteiger charge is -2.10. The van der Waals surface area contributed by atoms with Gasteiger partial charge in [0.05, 0.1) is 16.3 Å². The molecule has 23 heavy (non-hydrogen) atoms. The third-order valence-electron chi connectivity index (χ3n) is 3.59. The summed E-state index contributed by atoms with van der Waals surface area (Å²) in [6, 6.07) is 15.0. The van der Waals surface area contributed by atoms with Gasteiger partial charge in [-0.3, -0.25) is 0 Å². The number of pyridine rings is 1. The summed E-state index contributed by atoms with van der Waals surface area (Å²) in [4.78, 5) is 4.39. The van der Waals surface area contributed by atoms with Gasteiger partial charge in [0.2, 0.25) is 0 Å². The van der Waals surface area contributed by atoms with Crippen LogP contribution in [0.4, 0.5) is 0 Å². The van der Waals surface area contributed by atoms with Crippen molar-refractivity contribution >= 4 is 44.8 Å². The lowest BCUT2D eigenvalue weighted by molar-refractivity contribution is 0.614. The number of rotatable bonds is 4. The van der Waals surface area contributed by atoms with Crippen LogP contribution in [0.5, 0.6) is 0 Å². The Kier molecular flexibility index (Phi) is 4.85. The second-order valence-electron chi connectivity index (χ2n) is 5.20. The minimum Gasteiger partial charge on any atom is -0.236 e. The third kappa shape index (κ3) is 3.66. The van der Waals surface area contributed by atoms with E-state index in [0.29, 0.717) is 16.6 Å². The minimum atomic E-state index is -2.42. The predicted octanol–water partition coefficient (Wildman–Crippen LogP) is 4.24. The van der Waals surface area contributed by atoms with E-state index in [0.717, 1.165) is 27.6 Å². The van der Waals surface area contributed by atoms with Gasteiger partial charge in [-0.25, -0.2) is 13.4 Å². The average Bonchev–Trinajstić information content (AvgIpc) is 2.52. The molecule has 0 aliphatic heterocycles. The van der Waals surface area contributed by atoms with E-state index in [1.54, 1.807) is 12.1 Å². The standard InChI is InChI=1S/C17H13Cl2NO2S/c18-16-13-3-1-2-4-15(13)20-17(19)14(16)9-11-5-7-12(8-6-11)10-23(21)22/h1-8,23H,9-10H2. The predicted molar refractivity (Wildman–Crippen MR) is 95.0 cm³/mol. The molecule has 0 N–H and O–H groups in total. The van der Waals surface area contributed by atoms with Crippen molar-refractivity contribution in [3.63, 3.8) is 0 Å². The summed E-state index contributed by atoms with van der Waals surface area (Å²) in [5.74, 6) is 0.0503. The zero-order chi connectivity index (χ0) is 16.4. The highest BCUT2D eigenvalue weighted by atomic mass is 35.5. The molecule has 0 spiro atoms. The van der Waals surface area contributed by atoms with Crippen LogP contribution in [0, 0.1) is 0 Å². The summed E-state index contributed by atoms with van der Waals surface area (Å²) in [6.45, 7) is 0. The molecule has 0 unspecified atom stereocenters. The quantitative estimate of drug-likeness (QED) is 0.555. The number of halogens is 2. The Hall–Kier alpha value is -1.62. The Morgan fingerprint density at radius 3 is 2.26 bits per heavy atom. The first-order chi connectivity index (χ1) is 11.0. The van der Waals surface area contributed by atoms with Gasteiger partial charge in [0.25, 0.3) is 0 Å². The van der Waals surface area contributed by atoms with Gasteiger partial charge in [-0.05, 0) is 17.2 Å². The number of thiol groups is 1. The van der Waals surface area contributed by atoms with E-state index in [2.05, 4.69) is 4.98 Å². The van der Waals surface area contributed by atoms with E-state index in [4.69, 9.17) is 23.2 Å². The number of aromatic nitrogens is 1. The molecule has 0 bridgehead atoms. The Morgan fingerprint density at radius 2 is 1.57 bits per heavy atom. The summed E-state index contributed by atoms with van der Waals surface area (Å²) < 4.78 is 21.5. The van der Waals surface area contributed by atoms with Crippen LogP contribution in [-0.4, -0.2) is 13.4 Å². The van der Waals surface area contributed by atoms with E-state index in [9.17, 15) is 8.42 Å². The summed E-state index contributed by atoms with van der Waals surface area (Å²) in [5, 5.41) is 1.86. The zero-order valence-electron chi connectivity index (χ0n) is 12.0. The molecule has 0 atom stereocenters. The van der Waals surface area contributed by atoms with E-state index in [1.165, 1.54) is 0 Å². The van der Waals surface area contributed by atoms with Crippen molar-refractivity contribution in [3.05, 3.63) is 75.4 Å². The van der Waals surface area contributed by atoms with Gasteiger partial charge in [-0.15, -0.1) is 0 Å². The van der Waals surface area contributed by atoms with Crippen molar-refractivity contribution in [1.29, 1.82) is 0 Å². The summed E-state index contributed by atoms with van der Waals surface area (Å²) in [5.41, 5.74) is 3.30. The number of benzene rings is 2. The molecule has 0 aliphatic rings. The van der Waals surface area contributed by atoms with E-state index >= 15 is 0 Å². The number of hydrogen-bond acceptors (Lipinski definition) is 3. The van der Waals surface area contributed by atoms with Crippen LogP contribution >= 0.6 is 23.2 Å². The fraction of sp³-hybridized carbons (Fsp3) is 0.118. The average molecular weight is 366 g/mol. The number of para-hydroxylation sites is 1. The summed E-state index contributed by atoms with van der Waals surface area (Å²) in [7, 11) is -2.42. The first-order valence-electron chi connectivity index (χ1n) is 6.97. The Morgan fingerprint density at radius 1 is 0.913 bits per heavy atom. The molecular formula is C17H13Cl2NO2S. The van der Waals surface area contributed by atoms with Crippen LogP contribution in [0.2, 0.25) is 10.2 Å². The molecule has 1 heterocycles. The molecule has 0 saturated heterocycles. The molecule has 0 saturated carbocycles. The molecule has 3 nitrogen and oxygen atoms in total. The van der Waals surface area contributed by atoms with Crippen LogP contribution in [0.1, 0.15) is 16.7 Å². The van der Waals surface area contributed by atoms with Crippen LogP contribution in [0.25, 0.3) is 10.9 Å². The zero-order valence-corrected chi connectivity index (χ0v) is 14.4. The summed E-state index contributed by atoms with van der Waals surface area (Å²) >= 11 is 12.8. The highest BCUT2D eigenvalue weighted by molar-refractivity contribution is 7.71. The normalized spacial score (nSPS) is 11.3. The van der Waals surface area contributed by atoms with Crippen LogP contribution in [0.15, 0.2) is 48.5 Å². The van der Waals surface area contributed by atoms with Gasteiger partial charge in [-0.2, -0.15) is 0 Å². The molecule has 0 aliphatic carbocycles. The lowest BCUT2D eigenvalue weighted by Crippen LogP contribution is -1.96. The maximum Gasteiger partial charge on any atom is 0.144 e. The van der Waals surface area contributed by atoms with Crippen LogP contribution in [0.3, 0.4) is 0 Å².